The zero-order chi connectivity index (χ0) is 16.6. The Labute approximate surface area is 154 Å². The van der Waals surface area contributed by atoms with Crippen molar-refractivity contribution in [2.75, 3.05) is 19.6 Å². The van der Waals surface area contributed by atoms with E-state index in [9.17, 15) is 4.79 Å². The summed E-state index contributed by atoms with van der Waals surface area (Å²) >= 11 is 0. The van der Waals surface area contributed by atoms with E-state index in [-0.39, 0.29) is 18.3 Å². The number of hydrogen-bond donors (Lipinski definition) is 2. The summed E-state index contributed by atoms with van der Waals surface area (Å²) in [7, 11) is 0. The third-order valence-corrected chi connectivity index (χ3v) is 4.00. The van der Waals surface area contributed by atoms with Gasteiger partial charge in [0.1, 0.15) is 12.4 Å². The van der Waals surface area contributed by atoms with E-state index in [0.717, 1.165) is 30.8 Å². The Balaban J connectivity index is 0.00000225. The number of carbonyl (C=O) groups is 1. The zero-order valence-corrected chi connectivity index (χ0v) is 14.9. The number of benzene rings is 2. The van der Waals surface area contributed by atoms with Gasteiger partial charge in [0, 0.05) is 18.7 Å². The van der Waals surface area contributed by atoms with E-state index in [4.69, 9.17) is 4.74 Å². The second-order valence-corrected chi connectivity index (χ2v) is 5.80. The monoisotopic (exact) mass is 358 g/mol. The summed E-state index contributed by atoms with van der Waals surface area (Å²) in [5, 5.41) is 6.24. The molecule has 1 amide bonds. The van der Waals surface area contributed by atoms with Gasteiger partial charge in [0.15, 0.2) is 0 Å². The normalized spacial score (nSPS) is 13.4. The van der Waals surface area contributed by atoms with Crippen LogP contribution in [0.25, 0.3) is 0 Å². The van der Waals surface area contributed by atoms with Crippen molar-refractivity contribution in [2.45, 2.75) is 13.0 Å². The van der Waals surface area contributed by atoms with Crippen LogP contribution in [0.3, 0.4) is 0 Å². The number of ether oxygens (including phenoxy) is 1. The van der Waals surface area contributed by atoms with Gasteiger partial charge in [-0.25, -0.2) is 0 Å². The lowest BCUT2D eigenvalue weighted by Gasteiger charge is -2.14. The molecule has 0 saturated carbocycles. The maximum absolute atomic E-state index is 12.2. The molecule has 0 atom stereocenters. The van der Waals surface area contributed by atoms with Crippen LogP contribution in [-0.4, -0.2) is 25.5 Å². The molecule has 2 aromatic carbocycles. The summed E-state index contributed by atoms with van der Waals surface area (Å²) in [6.45, 7) is 2.99. The summed E-state index contributed by atoms with van der Waals surface area (Å²) in [4.78, 5) is 12.2. The minimum Gasteiger partial charge on any atom is -0.489 e. The average molecular weight is 359 g/mol. The van der Waals surface area contributed by atoms with Gasteiger partial charge in [0.2, 0.25) is 0 Å². The molecule has 132 valence electrons. The minimum absolute atomic E-state index is 0. The van der Waals surface area contributed by atoms with Gasteiger partial charge in [-0.15, -0.1) is 12.4 Å². The predicted molar refractivity (Wildman–Crippen MR) is 102 cm³/mol. The Morgan fingerprint density at radius 1 is 1.08 bits per heavy atom. The Morgan fingerprint density at radius 3 is 2.52 bits per heavy atom. The van der Waals surface area contributed by atoms with Gasteiger partial charge in [-0.05, 0) is 42.8 Å². The first-order valence-corrected chi connectivity index (χ1v) is 8.25. The fourth-order valence-corrected chi connectivity index (χ4v) is 2.56. The van der Waals surface area contributed by atoms with Crippen LogP contribution in [0.15, 0.2) is 66.2 Å². The van der Waals surface area contributed by atoms with Crippen molar-refractivity contribution in [2.24, 2.45) is 0 Å². The van der Waals surface area contributed by atoms with E-state index >= 15 is 0 Å². The lowest BCUT2D eigenvalue weighted by atomic mass is 10.1. The predicted octanol–water partition coefficient (Wildman–Crippen LogP) is 3.34. The van der Waals surface area contributed by atoms with Crippen LogP contribution in [0.2, 0.25) is 0 Å². The number of rotatable bonds is 6. The molecule has 0 spiro atoms. The molecule has 0 unspecified atom stereocenters. The van der Waals surface area contributed by atoms with E-state index < -0.39 is 0 Å². The van der Waals surface area contributed by atoms with Gasteiger partial charge >= 0.3 is 0 Å². The Kier molecular flexibility index (Phi) is 7.51. The molecule has 0 bridgehead atoms. The molecule has 0 aromatic heterocycles. The second kappa shape index (κ2) is 9.87. The van der Waals surface area contributed by atoms with Crippen molar-refractivity contribution in [3.8, 4) is 5.75 Å². The fourth-order valence-electron chi connectivity index (χ4n) is 2.56. The van der Waals surface area contributed by atoms with Gasteiger partial charge in [0.05, 0.1) is 0 Å². The van der Waals surface area contributed by atoms with Gasteiger partial charge in [-0.3, -0.25) is 4.79 Å². The molecule has 4 nitrogen and oxygen atoms in total. The molecule has 25 heavy (non-hydrogen) atoms. The summed E-state index contributed by atoms with van der Waals surface area (Å²) in [6, 6.07) is 17.3. The van der Waals surface area contributed by atoms with E-state index in [1.165, 1.54) is 5.57 Å². The van der Waals surface area contributed by atoms with Crippen LogP contribution in [0.1, 0.15) is 22.3 Å². The molecular weight excluding hydrogens is 336 g/mol. The van der Waals surface area contributed by atoms with Crippen molar-refractivity contribution in [1.82, 2.24) is 10.6 Å². The fraction of sp³-hybridized carbons (Fsp3) is 0.250. The second-order valence-electron chi connectivity index (χ2n) is 5.80. The largest absolute Gasteiger partial charge is 0.489 e. The van der Waals surface area contributed by atoms with Crippen molar-refractivity contribution >= 4 is 18.3 Å². The molecule has 0 aliphatic carbocycles. The van der Waals surface area contributed by atoms with Crippen LogP contribution >= 0.6 is 12.4 Å². The first kappa shape index (κ1) is 19.0. The molecule has 1 aliphatic rings. The number of amides is 1. The molecular formula is C20H23ClN2O2. The number of para-hydroxylation sites is 1. The highest BCUT2D eigenvalue weighted by atomic mass is 35.5. The maximum Gasteiger partial charge on any atom is 0.251 e. The molecule has 0 saturated heterocycles. The highest BCUT2D eigenvalue weighted by Gasteiger charge is 2.08. The van der Waals surface area contributed by atoms with Crippen LogP contribution < -0.4 is 15.4 Å². The van der Waals surface area contributed by atoms with Crippen molar-refractivity contribution in [1.29, 1.82) is 0 Å². The summed E-state index contributed by atoms with van der Waals surface area (Å²) in [5.41, 5.74) is 3.00. The van der Waals surface area contributed by atoms with Gasteiger partial charge in [-0.2, -0.15) is 0 Å². The third-order valence-electron chi connectivity index (χ3n) is 4.00. The first-order chi connectivity index (χ1) is 11.8. The lowest BCUT2D eigenvalue weighted by Crippen LogP contribution is -2.29. The Bertz CT molecular complexity index is 699. The van der Waals surface area contributed by atoms with Crippen molar-refractivity contribution in [3.63, 3.8) is 0 Å². The quantitative estimate of drug-likeness (QED) is 0.779. The zero-order valence-electron chi connectivity index (χ0n) is 14.0. The molecule has 0 fully saturated rings. The Morgan fingerprint density at radius 2 is 1.84 bits per heavy atom. The molecule has 3 rings (SSSR count). The maximum atomic E-state index is 12.2. The first-order valence-electron chi connectivity index (χ1n) is 8.25. The number of halogens is 1. The number of nitrogens with one attached hydrogen (secondary N) is 2. The van der Waals surface area contributed by atoms with Crippen molar-refractivity contribution in [3.05, 3.63) is 77.4 Å². The minimum atomic E-state index is -0.0371. The van der Waals surface area contributed by atoms with E-state index in [2.05, 4.69) is 16.7 Å². The smallest absolute Gasteiger partial charge is 0.251 e. The highest BCUT2D eigenvalue weighted by Crippen LogP contribution is 2.12. The van der Waals surface area contributed by atoms with Crippen LogP contribution in [0.4, 0.5) is 0 Å². The third kappa shape index (κ3) is 5.93. The van der Waals surface area contributed by atoms with Crippen LogP contribution in [-0.2, 0) is 6.61 Å². The Hall–Kier alpha value is -2.30. The van der Waals surface area contributed by atoms with E-state index in [1.807, 2.05) is 54.6 Å². The lowest BCUT2D eigenvalue weighted by molar-refractivity contribution is 0.0956. The highest BCUT2D eigenvalue weighted by molar-refractivity contribution is 5.94. The summed E-state index contributed by atoms with van der Waals surface area (Å²) < 4.78 is 5.71. The van der Waals surface area contributed by atoms with Crippen LogP contribution in [0, 0.1) is 0 Å². The topological polar surface area (TPSA) is 50.4 Å². The van der Waals surface area contributed by atoms with Gasteiger partial charge in [0.25, 0.3) is 5.91 Å². The molecule has 0 radical (unpaired) electrons. The summed E-state index contributed by atoms with van der Waals surface area (Å²) in [6.07, 6.45) is 3.14. The standard InChI is InChI=1S/C20H22N2O2.ClH/c23-20(22-14-16-10-12-21-13-11-16)18-8-6-17(7-9-18)15-24-19-4-2-1-3-5-19;/h1-10,21H,11-15H2,(H,22,23);1H. The SMILES string of the molecule is Cl.O=C(NCC1=CCNCC1)c1ccc(COc2ccccc2)cc1. The average Bonchev–Trinajstić information content (AvgIpc) is 2.66. The van der Waals surface area contributed by atoms with Gasteiger partial charge < -0.3 is 15.4 Å². The molecule has 1 heterocycles. The molecule has 2 N–H and O–H groups in total. The molecule has 2 aromatic rings. The molecule has 5 heteroatoms. The number of carbonyl (C=O) groups excluding carboxylic acids is 1. The van der Waals surface area contributed by atoms with Crippen molar-refractivity contribution < 1.29 is 9.53 Å². The number of hydrogen-bond acceptors (Lipinski definition) is 3. The van der Waals surface area contributed by atoms with Crippen LogP contribution in [0.5, 0.6) is 5.75 Å². The van der Waals surface area contributed by atoms with E-state index in [1.54, 1.807) is 0 Å². The van der Waals surface area contributed by atoms with Gasteiger partial charge in [-0.1, -0.05) is 42.0 Å². The molecule has 1 aliphatic heterocycles. The van der Waals surface area contributed by atoms with E-state index in [0.29, 0.717) is 18.7 Å². The summed E-state index contributed by atoms with van der Waals surface area (Å²) in [5.74, 6) is 0.805.